The maximum Gasteiger partial charge on any atom is 0.416 e. The molecule has 2 heterocycles. The van der Waals surface area contributed by atoms with Gasteiger partial charge in [0.2, 0.25) is 10.9 Å². The van der Waals surface area contributed by atoms with E-state index in [4.69, 9.17) is 33.4 Å². The molecule has 0 aliphatic rings. The SMILES string of the molecule is O=C(O)CNC(=O)c1c(O)sc2c(-c3cc(C(F)(F)F)cc(C(F)(F)F)c3)cc(Cl)cc2c1=O.O=C(O)CNC(=O)c1c(O)sc2c(Cc3ccccc3)cc(Cl)cc2c1=O. The van der Waals surface area contributed by atoms with Crippen LogP contribution in [0.3, 0.4) is 0 Å². The Balaban J connectivity index is 0.000000237. The van der Waals surface area contributed by atoms with Crippen molar-refractivity contribution in [3.63, 3.8) is 0 Å². The zero-order chi connectivity index (χ0) is 45.1. The molecule has 0 saturated carbocycles. The van der Waals surface area contributed by atoms with Crippen LogP contribution in [0, 0.1) is 0 Å². The summed E-state index contributed by atoms with van der Waals surface area (Å²) in [5.74, 6) is -4.89. The number of carboxylic acid groups (broad SMARTS) is 2. The van der Waals surface area contributed by atoms with E-state index in [0.29, 0.717) is 39.6 Å². The van der Waals surface area contributed by atoms with E-state index in [1.807, 2.05) is 35.6 Å². The molecule has 0 saturated heterocycles. The van der Waals surface area contributed by atoms with Crippen LogP contribution < -0.4 is 21.5 Å². The highest BCUT2D eigenvalue weighted by atomic mass is 35.5. The van der Waals surface area contributed by atoms with Crippen LogP contribution in [0.1, 0.15) is 43.0 Å². The Kier molecular flexibility index (Phi) is 13.7. The van der Waals surface area contributed by atoms with Gasteiger partial charge in [0.05, 0.1) is 11.1 Å². The average Bonchev–Trinajstić information content (AvgIpc) is 3.16. The van der Waals surface area contributed by atoms with Crippen molar-refractivity contribution < 1.29 is 65.9 Å². The minimum atomic E-state index is -5.13. The van der Waals surface area contributed by atoms with Crippen LogP contribution in [-0.4, -0.2) is 57.3 Å². The summed E-state index contributed by atoms with van der Waals surface area (Å²) in [6, 6.07) is 15.5. The van der Waals surface area contributed by atoms with Gasteiger partial charge in [-0.1, -0.05) is 76.2 Å². The number of aliphatic carboxylic acids is 2. The molecule has 6 N–H and O–H groups in total. The van der Waals surface area contributed by atoms with Gasteiger partial charge >= 0.3 is 24.3 Å². The summed E-state index contributed by atoms with van der Waals surface area (Å²) in [5.41, 5.74) is -5.56. The second-order valence-corrected chi connectivity index (χ2v) is 15.5. The predicted molar refractivity (Wildman–Crippen MR) is 214 cm³/mol. The molecule has 22 heteroatoms. The van der Waals surface area contributed by atoms with Crippen LogP contribution in [0.2, 0.25) is 10.0 Å². The third-order valence-electron chi connectivity index (χ3n) is 8.34. The van der Waals surface area contributed by atoms with Gasteiger partial charge in [-0.2, -0.15) is 26.3 Å². The average molecular weight is 930 g/mol. The second-order valence-electron chi connectivity index (χ2n) is 12.6. The fourth-order valence-electron chi connectivity index (χ4n) is 5.73. The molecule has 0 spiro atoms. The van der Waals surface area contributed by atoms with E-state index in [9.17, 15) is 65.3 Å². The van der Waals surface area contributed by atoms with E-state index in [1.165, 1.54) is 6.07 Å². The molecule has 0 aliphatic heterocycles. The van der Waals surface area contributed by atoms with Gasteiger partial charge in [-0.3, -0.25) is 28.8 Å². The van der Waals surface area contributed by atoms with Gasteiger partial charge in [0.1, 0.15) is 24.2 Å². The number of carboxylic acids is 2. The fraction of sp³-hybridized carbons (Fsp3) is 0.128. The lowest BCUT2D eigenvalue weighted by Gasteiger charge is -2.16. The number of hydrogen-bond acceptors (Lipinski definition) is 10. The lowest BCUT2D eigenvalue weighted by atomic mass is 9.98. The van der Waals surface area contributed by atoms with Crippen molar-refractivity contribution >= 4 is 89.8 Å². The molecule has 61 heavy (non-hydrogen) atoms. The maximum absolute atomic E-state index is 13.3. The number of rotatable bonds is 9. The Bertz CT molecular complexity index is 2840. The number of halogens is 8. The minimum Gasteiger partial charge on any atom is -0.499 e. The summed E-state index contributed by atoms with van der Waals surface area (Å²) < 4.78 is 80.0. The second kappa shape index (κ2) is 18.2. The van der Waals surface area contributed by atoms with Gasteiger partial charge in [-0.05, 0) is 65.6 Å². The molecule has 12 nitrogen and oxygen atoms in total. The number of carbonyl (C=O) groups is 4. The van der Waals surface area contributed by atoms with Crippen LogP contribution in [0.5, 0.6) is 10.1 Å². The highest BCUT2D eigenvalue weighted by Crippen LogP contribution is 2.43. The molecule has 0 bridgehead atoms. The van der Waals surface area contributed by atoms with Crippen molar-refractivity contribution in [2.24, 2.45) is 0 Å². The zero-order valence-corrected chi connectivity index (χ0v) is 33.3. The maximum atomic E-state index is 13.3. The molecule has 2 aromatic heterocycles. The molecular weight excluding hydrogens is 905 g/mol. The molecule has 0 atom stereocenters. The van der Waals surface area contributed by atoms with Crippen LogP contribution >= 0.6 is 45.9 Å². The first kappa shape index (κ1) is 45.9. The van der Waals surface area contributed by atoms with E-state index < -0.39 is 98.0 Å². The van der Waals surface area contributed by atoms with Crippen LogP contribution in [0.4, 0.5) is 26.3 Å². The van der Waals surface area contributed by atoms with Gasteiger partial charge in [-0.15, -0.1) is 0 Å². The minimum absolute atomic E-state index is 0.0684. The van der Waals surface area contributed by atoms with Crippen molar-refractivity contribution in [2.75, 3.05) is 13.1 Å². The normalized spacial score (nSPS) is 11.5. The molecular formula is C39H24Cl2F6N2O10S2. The molecule has 0 fully saturated rings. The molecule has 318 valence electrons. The highest BCUT2D eigenvalue weighted by molar-refractivity contribution is 7.21. The van der Waals surface area contributed by atoms with Crippen molar-refractivity contribution in [1.82, 2.24) is 10.6 Å². The molecule has 2 amide bonds. The van der Waals surface area contributed by atoms with Crippen LogP contribution in [0.15, 0.2) is 82.4 Å². The van der Waals surface area contributed by atoms with Gasteiger partial charge in [0.15, 0.2) is 10.1 Å². The highest BCUT2D eigenvalue weighted by Gasteiger charge is 2.37. The lowest BCUT2D eigenvalue weighted by Crippen LogP contribution is -2.32. The lowest BCUT2D eigenvalue weighted by molar-refractivity contribution is -0.143. The third kappa shape index (κ3) is 10.8. The molecule has 0 unspecified atom stereocenters. The van der Waals surface area contributed by atoms with Gasteiger partial charge in [0, 0.05) is 35.8 Å². The number of aromatic hydroxyl groups is 2. The molecule has 0 aliphatic carbocycles. The van der Waals surface area contributed by atoms with E-state index >= 15 is 0 Å². The Morgan fingerprint density at radius 2 is 1.07 bits per heavy atom. The predicted octanol–water partition coefficient (Wildman–Crippen LogP) is 8.17. The molecule has 6 rings (SSSR count). The molecule has 0 radical (unpaired) electrons. The van der Waals surface area contributed by atoms with Crippen molar-refractivity contribution in [2.45, 2.75) is 18.8 Å². The Morgan fingerprint density at radius 1 is 0.623 bits per heavy atom. The van der Waals surface area contributed by atoms with Crippen molar-refractivity contribution in [3.05, 3.63) is 137 Å². The van der Waals surface area contributed by atoms with Gasteiger partial charge in [0.25, 0.3) is 11.8 Å². The number of hydrogen-bond donors (Lipinski definition) is 6. The van der Waals surface area contributed by atoms with Crippen LogP contribution in [0.25, 0.3) is 31.3 Å². The van der Waals surface area contributed by atoms with Crippen molar-refractivity contribution in [1.29, 1.82) is 0 Å². The largest absolute Gasteiger partial charge is 0.499 e. The topological polar surface area (TPSA) is 207 Å². The number of benzene rings is 4. The summed E-state index contributed by atoms with van der Waals surface area (Å²) in [4.78, 5) is 71.2. The quantitative estimate of drug-likeness (QED) is 0.0767. The van der Waals surface area contributed by atoms with Crippen LogP contribution in [-0.2, 0) is 28.4 Å². The first-order chi connectivity index (χ1) is 28.5. The number of nitrogens with one attached hydrogen (secondary N) is 2. The summed E-state index contributed by atoms with van der Waals surface area (Å²) in [6.45, 7) is -1.54. The Labute approximate surface area is 354 Å². The zero-order valence-electron chi connectivity index (χ0n) is 30.1. The number of fused-ring (bicyclic) bond motifs is 2. The summed E-state index contributed by atoms with van der Waals surface area (Å²) in [7, 11) is 0. The number of carbonyl (C=O) groups excluding carboxylic acids is 2. The third-order valence-corrected chi connectivity index (χ3v) is 10.9. The molecule has 6 aromatic rings. The first-order valence-electron chi connectivity index (χ1n) is 16.8. The van der Waals surface area contributed by atoms with Gasteiger partial charge in [-0.25, -0.2) is 0 Å². The van der Waals surface area contributed by atoms with E-state index in [2.05, 4.69) is 5.32 Å². The standard InChI is InChI=1S/C20H10ClF6NO5S.C19H14ClNO5S/c21-10-4-11(7-1-8(19(22,23)24)3-9(2-7)20(25,26)27)16-12(5-10)15(31)14(18(33)34-16)17(32)28-6-13(29)30;20-12-7-11(6-10-4-2-1-3-5-10)17-13(8-12)16(24)15(19(26)27-17)18(25)21-9-14(22)23/h1-5,33H,6H2,(H,28,32)(H,29,30);1-5,7-8,26H,6,9H2,(H,21,25)(H,22,23). The van der Waals surface area contributed by atoms with E-state index in [-0.39, 0.29) is 32.1 Å². The first-order valence-corrected chi connectivity index (χ1v) is 19.2. The number of amides is 2. The van der Waals surface area contributed by atoms with E-state index in [1.54, 1.807) is 6.07 Å². The summed E-state index contributed by atoms with van der Waals surface area (Å²) >= 11 is 13.3. The molecule has 4 aromatic carbocycles. The smallest absolute Gasteiger partial charge is 0.416 e. The number of alkyl halides is 6. The van der Waals surface area contributed by atoms with Gasteiger partial charge < -0.3 is 31.1 Å². The Hall–Kier alpha value is -6.22. The van der Waals surface area contributed by atoms with Crippen molar-refractivity contribution in [3.8, 4) is 21.3 Å². The Morgan fingerprint density at radius 3 is 1.52 bits per heavy atom. The monoisotopic (exact) mass is 928 g/mol. The summed E-state index contributed by atoms with van der Waals surface area (Å²) in [6.07, 6.45) is -9.76. The fourth-order valence-corrected chi connectivity index (χ4v) is 8.22. The van der Waals surface area contributed by atoms with E-state index in [0.717, 1.165) is 34.6 Å². The summed E-state index contributed by atoms with van der Waals surface area (Å²) in [5, 5.41) is 40.3.